The third-order valence-corrected chi connectivity index (χ3v) is 5.05. The van der Waals surface area contributed by atoms with Crippen LogP contribution >= 0.6 is 0 Å². The quantitative estimate of drug-likeness (QED) is 0.453. The van der Waals surface area contributed by atoms with Crippen LogP contribution in [0, 0.1) is 0 Å². The molecule has 1 rings (SSSR count). The fourth-order valence-corrected chi connectivity index (χ4v) is 3.55. The van der Waals surface area contributed by atoms with Crippen molar-refractivity contribution in [2.45, 2.75) is 18.2 Å². The molecule has 0 fully saturated rings. The van der Waals surface area contributed by atoms with E-state index in [2.05, 4.69) is 49.2 Å². The maximum atomic E-state index is 3.71. The molecule has 0 saturated carbocycles. The monoisotopic (exact) mass is 269 g/mol. The van der Waals surface area contributed by atoms with Gasteiger partial charge in [-0.1, -0.05) is 0 Å². The van der Waals surface area contributed by atoms with E-state index < -0.39 is 0 Å². The summed E-state index contributed by atoms with van der Waals surface area (Å²) in [6.07, 6.45) is 3.17. The van der Waals surface area contributed by atoms with Crippen molar-refractivity contribution in [3.63, 3.8) is 0 Å². The first-order valence-corrected chi connectivity index (χ1v) is 7.24. The molecule has 0 amide bonds. The zero-order valence-electron chi connectivity index (χ0n) is 9.28. The summed E-state index contributed by atoms with van der Waals surface area (Å²) < 4.78 is 1.50. The zero-order valence-corrected chi connectivity index (χ0v) is 11.0. The SMILES string of the molecule is C=CCNCC(CC)[Se]c1ccccc1. The van der Waals surface area contributed by atoms with Crippen LogP contribution in [0.15, 0.2) is 43.0 Å². The summed E-state index contributed by atoms with van der Waals surface area (Å²) in [7, 11) is 0. The molecule has 1 nitrogen and oxygen atoms in total. The van der Waals surface area contributed by atoms with Gasteiger partial charge in [0.2, 0.25) is 0 Å². The van der Waals surface area contributed by atoms with Gasteiger partial charge in [0, 0.05) is 0 Å². The topological polar surface area (TPSA) is 12.0 Å². The normalized spacial score (nSPS) is 12.3. The van der Waals surface area contributed by atoms with Crippen molar-refractivity contribution in [3.8, 4) is 0 Å². The third-order valence-electron chi connectivity index (χ3n) is 2.16. The molecular weight excluding hydrogens is 249 g/mol. The Labute approximate surface area is 99.1 Å². The molecule has 0 spiro atoms. The van der Waals surface area contributed by atoms with Crippen molar-refractivity contribution in [1.82, 2.24) is 5.32 Å². The molecule has 0 heterocycles. The Hall–Kier alpha value is -0.561. The van der Waals surface area contributed by atoms with Crippen LogP contribution in [0.2, 0.25) is 4.82 Å². The molecule has 15 heavy (non-hydrogen) atoms. The van der Waals surface area contributed by atoms with Crippen molar-refractivity contribution in [2.24, 2.45) is 0 Å². The Bertz CT molecular complexity index is 271. The standard InChI is InChI=1S/C13H19NSe/c1-3-10-14-11-12(4-2)15-13-8-6-5-7-9-13/h3,5-9,12,14H,1,4,10-11H2,2H3. The average Bonchev–Trinajstić information content (AvgIpc) is 2.29. The maximum absolute atomic E-state index is 3.71. The van der Waals surface area contributed by atoms with E-state index in [1.54, 1.807) is 0 Å². The van der Waals surface area contributed by atoms with Gasteiger partial charge >= 0.3 is 99.0 Å². The minimum atomic E-state index is 0.587. The van der Waals surface area contributed by atoms with Crippen LogP contribution in [0.1, 0.15) is 13.3 Å². The first kappa shape index (κ1) is 12.5. The molecule has 1 unspecified atom stereocenters. The van der Waals surface area contributed by atoms with Gasteiger partial charge in [-0.15, -0.1) is 0 Å². The number of hydrogen-bond donors (Lipinski definition) is 1. The van der Waals surface area contributed by atoms with E-state index >= 15 is 0 Å². The summed E-state index contributed by atoms with van der Waals surface area (Å²) in [6, 6.07) is 10.8. The molecule has 0 aliphatic heterocycles. The molecule has 0 saturated heterocycles. The van der Waals surface area contributed by atoms with Gasteiger partial charge in [0.25, 0.3) is 0 Å². The second kappa shape index (κ2) is 7.70. The number of hydrogen-bond acceptors (Lipinski definition) is 1. The van der Waals surface area contributed by atoms with E-state index in [9.17, 15) is 0 Å². The van der Waals surface area contributed by atoms with Crippen molar-refractivity contribution in [1.29, 1.82) is 0 Å². The predicted molar refractivity (Wildman–Crippen MR) is 68.9 cm³/mol. The molecule has 1 aromatic rings. The molecule has 0 bridgehead atoms. The van der Waals surface area contributed by atoms with Gasteiger partial charge in [-0.25, -0.2) is 0 Å². The predicted octanol–water partition coefficient (Wildman–Crippen LogP) is 1.99. The Morgan fingerprint density at radius 3 is 2.73 bits per heavy atom. The molecule has 1 aromatic carbocycles. The van der Waals surface area contributed by atoms with E-state index in [1.807, 2.05) is 6.08 Å². The summed E-state index contributed by atoms with van der Waals surface area (Å²) in [5.41, 5.74) is 0. The minimum absolute atomic E-state index is 0.587. The van der Waals surface area contributed by atoms with Crippen LogP contribution in [0.4, 0.5) is 0 Å². The van der Waals surface area contributed by atoms with Crippen molar-refractivity contribution < 1.29 is 0 Å². The van der Waals surface area contributed by atoms with Crippen LogP contribution in [-0.4, -0.2) is 28.0 Å². The Kier molecular flexibility index (Phi) is 6.42. The molecule has 0 aliphatic carbocycles. The number of nitrogens with one attached hydrogen (secondary N) is 1. The third kappa shape index (κ3) is 5.17. The van der Waals surface area contributed by atoms with Gasteiger partial charge in [0.05, 0.1) is 0 Å². The summed E-state index contributed by atoms with van der Waals surface area (Å²) in [4.78, 5) is 0.792. The first-order chi connectivity index (χ1) is 7.36. The zero-order chi connectivity index (χ0) is 10.9. The Balaban J connectivity index is 2.36. The molecule has 0 radical (unpaired) electrons. The molecule has 1 N–H and O–H groups in total. The van der Waals surface area contributed by atoms with E-state index in [0.717, 1.165) is 17.9 Å². The number of benzene rings is 1. The van der Waals surface area contributed by atoms with Crippen molar-refractivity contribution in [3.05, 3.63) is 43.0 Å². The van der Waals surface area contributed by atoms with Gasteiger partial charge in [-0.05, 0) is 0 Å². The molecule has 2 heteroatoms. The second-order valence-corrected chi connectivity index (χ2v) is 6.29. The summed E-state index contributed by atoms with van der Waals surface area (Å²) in [5.74, 6) is 0. The summed E-state index contributed by atoms with van der Waals surface area (Å²) >= 11 is 0.587. The van der Waals surface area contributed by atoms with Crippen molar-refractivity contribution in [2.75, 3.05) is 13.1 Å². The van der Waals surface area contributed by atoms with Gasteiger partial charge < -0.3 is 0 Å². The molecular formula is C13H19NSe. The fourth-order valence-electron chi connectivity index (χ4n) is 1.31. The fraction of sp³-hybridized carbons (Fsp3) is 0.385. The van der Waals surface area contributed by atoms with Gasteiger partial charge in [-0.2, -0.15) is 0 Å². The van der Waals surface area contributed by atoms with Gasteiger partial charge in [0.1, 0.15) is 0 Å². The van der Waals surface area contributed by atoms with E-state index in [1.165, 1.54) is 10.9 Å². The molecule has 0 aliphatic rings. The molecule has 1 atom stereocenters. The number of rotatable bonds is 7. The van der Waals surface area contributed by atoms with Crippen molar-refractivity contribution >= 4 is 19.4 Å². The van der Waals surface area contributed by atoms with E-state index in [-0.39, 0.29) is 0 Å². The Morgan fingerprint density at radius 2 is 2.13 bits per heavy atom. The van der Waals surface area contributed by atoms with Crippen LogP contribution < -0.4 is 9.78 Å². The van der Waals surface area contributed by atoms with Crippen LogP contribution in [-0.2, 0) is 0 Å². The van der Waals surface area contributed by atoms with E-state index in [0.29, 0.717) is 15.0 Å². The van der Waals surface area contributed by atoms with Crippen LogP contribution in [0.5, 0.6) is 0 Å². The van der Waals surface area contributed by atoms with Crippen LogP contribution in [0.25, 0.3) is 0 Å². The Morgan fingerprint density at radius 1 is 1.40 bits per heavy atom. The van der Waals surface area contributed by atoms with Gasteiger partial charge in [0.15, 0.2) is 0 Å². The average molecular weight is 268 g/mol. The van der Waals surface area contributed by atoms with Gasteiger partial charge in [-0.3, -0.25) is 0 Å². The molecule has 0 aromatic heterocycles. The van der Waals surface area contributed by atoms with Crippen LogP contribution in [0.3, 0.4) is 0 Å². The van der Waals surface area contributed by atoms with E-state index in [4.69, 9.17) is 0 Å². The summed E-state index contributed by atoms with van der Waals surface area (Å²) in [5, 5.41) is 3.40. The first-order valence-electron chi connectivity index (χ1n) is 5.40. The molecule has 82 valence electrons. The summed E-state index contributed by atoms with van der Waals surface area (Å²) in [6.45, 7) is 8.01. The second-order valence-electron chi connectivity index (χ2n) is 3.41.